The number of nitrogens with zero attached hydrogens (tertiary/aromatic N) is 3. The SMILES string of the molecule is F.F.F.Nc1ccccc1[N+](=O)[O-].Nc1ccccc1[N+](=O)[O-].Nc1ccccc1[N+](=O)[O-]. The smallest absolute Gasteiger partial charge is 0.292 e. The molecule has 6 N–H and O–H groups in total. The van der Waals surface area contributed by atoms with Crippen molar-refractivity contribution in [1.82, 2.24) is 0 Å². The maximum Gasteiger partial charge on any atom is 0.292 e. The molecule has 180 valence electrons. The van der Waals surface area contributed by atoms with E-state index in [4.69, 9.17) is 17.2 Å². The highest BCUT2D eigenvalue weighted by molar-refractivity contribution is 5.58. The van der Waals surface area contributed by atoms with Gasteiger partial charge in [0.25, 0.3) is 17.1 Å². The molecule has 0 aromatic heterocycles. The minimum Gasteiger partial charge on any atom is -0.393 e. The van der Waals surface area contributed by atoms with Crippen molar-refractivity contribution in [2.45, 2.75) is 0 Å². The predicted octanol–water partition coefficient (Wildman–Crippen LogP) is 3.99. The van der Waals surface area contributed by atoms with Gasteiger partial charge in [-0.15, -0.1) is 0 Å². The first-order valence-corrected chi connectivity index (χ1v) is 8.11. The molecule has 12 nitrogen and oxygen atoms in total. The molecular weight excluding hydrogens is 453 g/mol. The molecule has 0 bridgehead atoms. The van der Waals surface area contributed by atoms with Crippen LogP contribution in [0.4, 0.5) is 48.2 Å². The molecule has 3 rings (SSSR count). The highest BCUT2D eigenvalue weighted by Gasteiger charge is 2.08. The first-order chi connectivity index (χ1) is 14.1. The molecule has 0 saturated heterocycles. The van der Waals surface area contributed by atoms with E-state index < -0.39 is 14.8 Å². The Morgan fingerprint density at radius 3 is 0.758 bits per heavy atom. The molecule has 0 unspecified atom stereocenters. The third kappa shape index (κ3) is 10.6. The fourth-order valence-corrected chi connectivity index (χ4v) is 1.96. The van der Waals surface area contributed by atoms with E-state index in [1.807, 2.05) is 0 Å². The summed E-state index contributed by atoms with van der Waals surface area (Å²) in [5.74, 6) is 0. The lowest BCUT2D eigenvalue weighted by molar-refractivity contribution is -0.384. The van der Waals surface area contributed by atoms with E-state index in [2.05, 4.69) is 0 Å². The molecule has 3 aromatic rings. The summed E-state index contributed by atoms with van der Waals surface area (Å²) >= 11 is 0. The van der Waals surface area contributed by atoms with Gasteiger partial charge in [0.15, 0.2) is 0 Å². The Kier molecular flexibility index (Phi) is 15.7. The van der Waals surface area contributed by atoms with Crippen LogP contribution in [0, 0.1) is 30.3 Å². The fraction of sp³-hybridized carbons (Fsp3) is 0. The van der Waals surface area contributed by atoms with Crippen LogP contribution in [0.2, 0.25) is 0 Å². The number of anilines is 3. The Hall–Kier alpha value is -4.95. The van der Waals surface area contributed by atoms with Gasteiger partial charge in [-0.05, 0) is 18.2 Å². The molecule has 0 aliphatic heterocycles. The van der Waals surface area contributed by atoms with Crippen LogP contribution in [0.5, 0.6) is 0 Å². The quantitative estimate of drug-likeness (QED) is 0.284. The number of benzene rings is 3. The summed E-state index contributed by atoms with van der Waals surface area (Å²) in [6, 6.07) is 18.3. The normalized spacial score (nSPS) is 8.36. The summed E-state index contributed by atoms with van der Waals surface area (Å²) in [7, 11) is 0. The van der Waals surface area contributed by atoms with Crippen LogP contribution in [0.3, 0.4) is 0 Å². The van der Waals surface area contributed by atoms with Gasteiger partial charge in [0, 0.05) is 18.2 Å². The summed E-state index contributed by atoms with van der Waals surface area (Å²) < 4.78 is 0. The van der Waals surface area contributed by atoms with E-state index in [1.54, 1.807) is 36.4 Å². The van der Waals surface area contributed by atoms with E-state index in [0.717, 1.165) is 0 Å². The van der Waals surface area contributed by atoms with Crippen LogP contribution in [-0.4, -0.2) is 14.8 Å². The van der Waals surface area contributed by atoms with Crippen LogP contribution in [-0.2, 0) is 0 Å². The summed E-state index contributed by atoms with van der Waals surface area (Å²) in [5.41, 5.74) is 16.3. The molecule has 0 saturated carbocycles. The first-order valence-electron chi connectivity index (χ1n) is 8.11. The Labute approximate surface area is 184 Å². The molecule has 0 aliphatic rings. The molecule has 0 atom stereocenters. The second-order valence-electron chi connectivity index (χ2n) is 5.45. The second kappa shape index (κ2) is 15.8. The third-order valence-electron chi connectivity index (χ3n) is 3.40. The zero-order valence-electron chi connectivity index (χ0n) is 16.7. The van der Waals surface area contributed by atoms with Crippen molar-refractivity contribution in [1.29, 1.82) is 0 Å². The van der Waals surface area contributed by atoms with Crippen LogP contribution < -0.4 is 17.2 Å². The predicted molar refractivity (Wildman–Crippen MR) is 120 cm³/mol. The van der Waals surface area contributed by atoms with Gasteiger partial charge in [0.05, 0.1) is 14.8 Å². The van der Waals surface area contributed by atoms with Crippen molar-refractivity contribution in [2.75, 3.05) is 17.2 Å². The van der Waals surface area contributed by atoms with Gasteiger partial charge < -0.3 is 17.2 Å². The first kappa shape index (κ1) is 32.7. The molecule has 33 heavy (non-hydrogen) atoms. The van der Waals surface area contributed by atoms with Crippen LogP contribution in [0.1, 0.15) is 0 Å². The third-order valence-corrected chi connectivity index (χ3v) is 3.40. The number of para-hydroxylation sites is 6. The highest BCUT2D eigenvalue weighted by atomic mass is 19.0. The zero-order valence-corrected chi connectivity index (χ0v) is 16.7. The van der Waals surface area contributed by atoms with Gasteiger partial charge in [-0.3, -0.25) is 44.5 Å². The topological polar surface area (TPSA) is 207 Å². The van der Waals surface area contributed by atoms with Crippen LogP contribution in [0.15, 0.2) is 72.8 Å². The van der Waals surface area contributed by atoms with E-state index in [0.29, 0.717) is 0 Å². The Balaban J connectivity index is -0.000000391. The Morgan fingerprint density at radius 1 is 0.455 bits per heavy atom. The average molecular weight is 474 g/mol. The van der Waals surface area contributed by atoms with E-state index in [-0.39, 0.29) is 48.2 Å². The van der Waals surface area contributed by atoms with Crippen LogP contribution >= 0.6 is 0 Å². The number of hydrogen-bond acceptors (Lipinski definition) is 9. The van der Waals surface area contributed by atoms with Gasteiger partial charge in [-0.25, -0.2) is 0 Å². The Morgan fingerprint density at radius 2 is 0.636 bits per heavy atom. The number of rotatable bonds is 3. The summed E-state index contributed by atoms with van der Waals surface area (Å²) in [6.45, 7) is 0. The van der Waals surface area contributed by atoms with E-state index in [1.165, 1.54) is 36.4 Å². The van der Waals surface area contributed by atoms with Gasteiger partial charge in [-0.1, -0.05) is 36.4 Å². The number of nitrogens with two attached hydrogens (primary N) is 3. The minimum atomic E-state index is -0.505. The van der Waals surface area contributed by atoms with E-state index in [9.17, 15) is 30.3 Å². The summed E-state index contributed by atoms with van der Waals surface area (Å²) in [5, 5.41) is 30.4. The molecule has 0 amide bonds. The fourth-order valence-electron chi connectivity index (χ4n) is 1.96. The van der Waals surface area contributed by atoms with Crippen molar-refractivity contribution in [2.24, 2.45) is 0 Å². The zero-order chi connectivity index (χ0) is 22.7. The van der Waals surface area contributed by atoms with Crippen molar-refractivity contribution in [3.8, 4) is 0 Å². The molecule has 15 heteroatoms. The molecule has 0 spiro atoms. The largest absolute Gasteiger partial charge is 0.393 e. The van der Waals surface area contributed by atoms with Crippen molar-refractivity contribution >= 4 is 34.1 Å². The highest BCUT2D eigenvalue weighted by Crippen LogP contribution is 2.20. The summed E-state index contributed by atoms with van der Waals surface area (Å²) in [6.07, 6.45) is 0. The summed E-state index contributed by atoms with van der Waals surface area (Å²) in [4.78, 5) is 28.9. The molecule has 0 aliphatic carbocycles. The minimum absolute atomic E-state index is 0. The van der Waals surface area contributed by atoms with Crippen molar-refractivity contribution in [3.63, 3.8) is 0 Å². The van der Waals surface area contributed by atoms with Crippen molar-refractivity contribution < 1.29 is 28.9 Å². The van der Waals surface area contributed by atoms with Gasteiger partial charge in [0.1, 0.15) is 17.1 Å². The maximum absolute atomic E-state index is 10.1. The number of hydrogen-bond donors (Lipinski definition) is 3. The van der Waals surface area contributed by atoms with Gasteiger partial charge in [0.2, 0.25) is 0 Å². The monoisotopic (exact) mass is 474 g/mol. The molecule has 3 aromatic carbocycles. The standard InChI is InChI=1S/3C6H6N2O2.3FH/c3*7-5-3-1-2-4-6(5)8(9)10;;;/h3*1-4H,7H2;3*1H. The second-order valence-corrected chi connectivity index (χ2v) is 5.45. The van der Waals surface area contributed by atoms with E-state index >= 15 is 0 Å². The Bertz CT molecular complexity index is 925. The maximum atomic E-state index is 10.1. The molecule has 0 radical (unpaired) electrons. The van der Waals surface area contributed by atoms with Crippen LogP contribution in [0.25, 0.3) is 0 Å². The number of nitrogen functional groups attached to an aromatic ring is 3. The molecular formula is C18H21F3N6O6. The molecule has 0 heterocycles. The number of nitro benzene ring substituents is 3. The van der Waals surface area contributed by atoms with Gasteiger partial charge in [-0.2, -0.15) is 0 Å². The molecule has 0 fully saturated rings. The van der Waals surface area contributed by atoms with Gasteiger partial charge >= 0.3 is 0 Å². The van der Waals surface area contributed by atoms with Crippen molar-refractivity contribution in [3.05, 3.63) is 103 Å². The number of nitro groups is 3. The lowest BCUT2D eigenvalue weighted by Gasteiger charge is -1.92. The average Bonchev–Trinajstić information content (AvgIpc) is 2.69. The number of halogens is 3. The lowest BCUT2D eigenvalue weighted by Crippen LogP contribution is -1.93. The lowest BCUT2D eigenvalue weighted by atomic mass is 10.3.